The van der Waals surface area contributed by atoms with Gasteiger partial charge >= 0.3 is 0 Å². The van der Waals surface area contributed by atoms with Crippen molar-refractivity contribution in [2.75, 3.05) is 43.4 Å². The van der Waals surface area contributed by atoms with Crippen molar-refractivity contribution in [1.82, 2.24) is 9.88 Å². The maximum atomic E-state index is 15.0. The van der Waals surface area contributed by atoms with Gasteiger partial charge in [0.05, 0.1) is 16.3 Å². The quantitative estimate of drug-likeness (QED) is 0.579. The molecule has 6 nitrogen and oxygen atoms in total. The zero-order valence-electron chi connectivity index (χ0n) is 16.0. The van der Waals surface area contributed by atoms with E-state index in [4.69, 9.17) is 16.9 Å². The maximum absolute atomic E-state index is 15.0. The van der Waals surface area contributed by atoms with Gasteiger partial charge in [0.2, 0.25) is 0 Å². The van der Waals surface area contributed by atoms with Gasteiger partial charge in [0.1, 0.15) is 11.9 Å². The average Bonchev–Trinajstić information content (AvgIpc) is 2.76. The molecule has 150 valence electrons. The summed E-state index contributed by atoms with van der Waals surface area (Å²) in [7, 11) is 1.64. The molecule has 8 heteroatoms. The molecule has 2 aromatic rings. The summed E-state index contributed by atoms with van der Waals surface area (Å²) < 4.78 is 15.0. The molecule has 0 bridgehead atoms. The number of aromatic nitrogens is 1. The second-order valence-electron chi connectivity index (χ2n) is 6.68. The van der Waals surface area contributed by atoms with Gasteiger partial charge in [-0.3, -0.25) is 9.69 Å². The van der Waals surface area contributed by atoms with E-state index in [-0.39, 0.29) is 10.8 Å². The topological polar surface area (TPSA) is 72.3 Å². The Bertz CT molecular complexity index is 947. The summed E-state index contributed by atoms with van der Waals surface area (Å²) in [6.07, 6.45) is 3.54. The molecule has 29 heavy (non-hydrogen) atoms. The monoisotopic (exact) mass is 413 g/mol. The van der Waals surface area contributed by atoms with Crippen LogP contribution in [0, 0.1) is 17.1 Å². The van der Waals surface area contributed by atoms with Crippen LogP contribution < -0.4 is 10.2 Å². The highest BCUT2D eigenvalue weighted by molar-refractivity contribution is 6.40. The predicted molar refractivity (Wildman–Crippen MR) is 112 cm³/mol. The van der Waals surface area contributed by atoms with Crippen LogP contribution in [-0.2, 0) is 11.3 Å². The van der Waals surface area contributed by atoms with E-state index in [1.165, 1.54) is 6.08 Å². The first-order valence-corrected chi connectivity index (χ1v) is 9.58. The van der Waals surface area contributed by atoms with Gasteiger partial charge in [-0.2, -0.15) is 5.26 Å². The Morgan fingerprint density at radius 3 is 2.66 bits per heavy atom. The largest absolute Gasteiger partial charge is 0.385 e. The standard InChI is InChI=1S/C21H21ClFN5O/c1-25-21-16(10-18(22)14-29)3-4-17(20(21)23)13-27-6-8-28(9-7-27)19-5-2-15(11-24)12-26-19/h2-5,10,12,14,25H,6-9,13H2,1H3/b18-10+. The number of piperazine rings is 1. The van der Waals surface area contributed by atoms with Crippen LogP contribution >= 0.6 is 11.6 Å². The maximum Gasteiger partial charge on any atom is 0.161 e. The Hall–Kier alpha value is -2.95. The minimum Gasteiger partial charge on any atom is -0.385 e. The number of carbonyl (C=O) groups excluding carboxylic acids is 1. The van der Waals surface area contributed by atoms with Crippen LogP contribution in [0.3, 0.4) is 0 Å². The fourth-order valence-corrected chi connectivity index (χ4v) is 3.45. The number of nitrogens with one attached hydrogen (secondary N) is 1. The number of carbonyl (C=O) groups is 1. The van der Waals surface area contributed by atoms with Crippen LogP contribution in [-0.4, -0.2) is 49.4 Å². The number of anilines is 2. The number of benzene rings is 1. The summed E-state index contributed by atoms with van der Waals surface area (Å²) >= 11 is 5.77. The molecule has 0 unspecified atom stereocenters. The van der Waals surface area contributed by atoms with E-state index >= 15 is 0 Å². The molecule has 1 aliphatic rings. The van der Waals surface area contributed by atoms with E-state index in [1.807, 2.05) is 6.07 Å². The predicted octanol–water partition coefficient (Wildman–Crippen LogP) is 3.23. The van der Waals surface area contributed by atoms with E-state index in [0.717, 1.165) is 32.0 Å². The van der Waals surface area contributed by atoms with Crippen LogP contribution in [0.15, 0.2) is 35.5 Å². The number of aldehydes is 1. The first-order valence-electron chi connectivity index (χ1n) is 9.20. The van der Waals surface area contributed by atoms with Crippen LogP contribution in [0.4, 0.5) is 15.9 Å². The lowest BCUT2D eigenvalue weighted by atomic mass is 10.1. The van der Waals surface area contributed by atoms with Gasteiger partial charge in [-0.15, -0.1) is 0 Å². The summed E-state index contributed by atoms with van der Waals surface area (Å²) in [6.45, 7) is 3.58. The number of allylic oxidation sites excluding steroid dienone is 1. The number of hydrogen-bond donors (Lipinski definition) is 1. The average molecular weight is 414 g/mol. The van der Waals surface area contributed by atoms with Crippen LogP contribution in [0.25, 0.3) is 6.08 Å². The fourth-order valence-electron chi connectivity index (χ4n) is 3.33. The third kappa shape index (κ3) is 4.91. The van der Waals surface area contributed by atoms with Gasteiger partial charge in [0, 0.05) is 57.1 Å². The summed E-state index contributed by atoms with van der Waals surface area (Å²) in [6, 6.07) is 9.16. The van der Waals surface area contributed by atoms with Gasteiger partial charge < -0.3 is 10.2 Å². The van der Waals surface area contributed by atoms with Crippen molar-refractivity contribution in [3.63, 3.8) is 0 Å². The molecule has 0 radical (unpaired) electrons. The van der Waals surface area contributed by atoms with Crippen molar-refractivity contribution < 1.29 is 9.18 Å². The zero-order valence-corrected chi connectivity index (χ0v) is 16.8. The lowest BCUT2D eigenvalue weighted by molar-refractivity contribution is -0.104. The molecule has 0 spiro atoms. The van der Waals surface area contributed by atoms with Crippen LogP contribution in [0.5, 0.6) is 0 Å². The van der Waals surface area contributed by atoms with Crippen LogP contribution in [0.1, 0.15) is 16.7 Å². The minimum absolute atomic E-state index is 0.0150. The number of nitriles is 1. The first-order chi connectivity index (χ1) is 14.0. The van der Waals surface area contributed by atoms with Gasteiger partial charge in [0.15, 0.2) is 12.1 Å². The smallest absolute Gasteiger partial charge is 0.161 e. The van der Waals surface area contributed by atoms with Gasteiger partial charge in [-0.25, -0.2) is 9.37 Å². The van der Waals surface area contributed by atoms with Crippen molar-refractivity contribution in [2.24, 2.45) is 0 Å². The second-order valence-corrected chi connectivity index (χ2v) is 7.12. The third-order valence-electron chi connectivity index (χ3n) is 4.88. The zero-order chi connectivity index (χ0) is 20.8. The van der Waals surface area contributed by atoms with Crippen LogP contribution in [0.2, 0.25) is 0 Å². The normalized spacial score (nSPS) is 15.1. The highest BCUT2D eigenvalue weighted by Gasteiger charge is 2.20. The van der Waals surface area contributed by atoms with Gasteiger partial charge in [-0.05, 0) is 18.2 Å². The number of pyridine rings is 1. The Balaban J connectivity index is 1.67. The summed E-state index contributed by atoms with van der Waals surface area (Å²) in [4.78, 5) is 19.4. The Morgan fingerprint density at radius 1 is 1.31 bits per heavy atom. The number of rotatable bonds is 6. The molecule has 1 saturated heterocycles. The van der Waals surface area contributed by atoms with Crippen molar-refractivity contribution >= 4 is 35.5 Å². The highest BCUT2D eigenvalue weighted by atomic mass is 35.5. The number of nitrogens with zero attached hydrogens (tertiary/aromatic N) is 4. The summed E-state index contributed by atoms with van der Waals surface area (Å²) in [5, 5.41) is 11.7. The number of hydrogen-bond acceptors (Lipinski definition) is 6. The van der Waals surface area contributed by atoms with Gasteiger partial charge in [0.25, 0.3) is 0 Å². The van der Waals surface area contributed by atoms with Crippen molar-refractivity contribution in [3.05, 3.63) is 58.0 Å². The molecule has 1 aromatic heterocycles. The van der Waals surface area contributed by atoms with E-state index in [1.54, 1.807) is 31.4 Å². The Labute approximate surface area is 174 Å². The summed E-state index contributed by atoms with van der Waals surface area (Å²) in [5.74, 6) is 0.503. The Kier molecular flexibility index (Phi) is 6.81. The molecule has 0 saturated carbocycles. The number of halogens is 2. The van der Waals surface area contributed by atoms with E-state index in [0.29, 0.717) is 35.2 Å². The third-order valence-corrected chi connectivity index (χ3v) is 5.08. The lowest BCUT2D eigenvalue weighted by Gasteiger charge is -2.35. The molecule has 3 rings (SSSR count). The molecular weight excluding hydrogens is 393 g/mol. The van der Waals surface area contributed by atoms with Crippen molar-refractivity contribution in [2.45, 2.75) is 6.54 Å². The fraction of sp³-hybridized carbons (Fsp3) is 0.286. The second kappa shape index (κ2) is 9.50. The molecule has 2 heterocycles. The van der Waals surface area contributed by atoms with Crippen molar-refractivity contribution in [3.8, 4) is 6.07 Å². The van der Waals surface area contributed by atoms with E-state index in [9.17, 15) is 9.18 Å². The Morgan fingerprint density at radius 2 is 2.07 bits per heavy atom. The molecule has 0 atom stereocenters. The summed E-state index contributed by atoms with van der Waals surface area (Å²) in [5.41, 5.74) is 1.97. The first kappa shape index (κ1) is 20.8. The molecule has 1 N–H and O–H groups in total. The SMILES string of the molecule is CNc1c(/C=C(/Cl)C=O)ccc(CN2CCN(c3ccc(C#N)cn3)CC2)c1F. The minimum atomic E-state index is -0.340. The highest BCUT2D eigenvalue weighted by Crippen LogP contribution is 2.27. The van der Waals surface area contributed by atoms with E-state index in [2.05, 4.69) is 26.2 Å². The molecule has 0 aliphatic carbocycles. The van der Waals surface area contributed by atoms with E-state index < -0.39 is 0 Å². The van der Waals surface area contributed by atoms with Gasteiger partial charge in [-0.1, -0.05) is 23.7 Å². The molecular formula is C21H21ClFN5O. The molecule has 1 aliphatic heterocycles. The molecule has 1 aromatic carbocycles. The molecule has 0 amide bonds. The lowest BCUT2D eigenvalue weighted by Crippen LogP contribution is -2.46. The van der Waals surface area contributed by atoms with Crippen molar-refractivity contribution in [1.29, 1.82) is 5.26 Å². The molecule has 1 fully saturated rings.